The second-order valence-electron chi connectivity index (χ2n) is 9.14. The zero-order valence-electron chi connectivity index (χ0n) is 16.9. The molecule has 2 aliphatic heterocycles. The van der Waals surface area contributed by atoms with Gasteiger partial charge in [-0.2, -0.15) is 0 Å². The number of carbonyl (C=O) groups excluding carboxylic acids is 2. The van der Waals surface area contributed by atoms with Crippen LogP contribution < -0.4 is 10.1 Å². The summed E-state index contributed by atoms with van der Waals surface area (Å²) in [5.41, 5.74) is 0.897. The van der Waals surface area contributed by atoms with E-state index in [0.29, 0.717) is 17.8 Å². The molecule has 1 saturated heterocycles. The zero-order valence-corrected chi connectivity index (χ0v) is 16.9. The molecule has 5 nitrogen and oxygen atoms in total. The first-order valence-corrected chi connectivity index (χ1v) is 10.3. The van der Waals surface area contributed by atoms with Gasteiger partial charge in [0.1, 0.15) is 5.75 Å². The van der Waals surface area contributed by atoms with Crippen molar-refractivity contribution >= 4 is 11.8 Å². The van der Waals surface area contributed by atoms with Gasteiger partial charge < -0.3 is 15.0 Å². The van der Waals surface area contributed by atoms with Crippen molar-refractivity contribution in [2.75, 3.05) is 19.6 Å². The Morgan fingerprint density at radius 3 is 2.71 bits per heavy atom. The number of nitrogens with zero attached hydrogens (tertiary/aromatic N) is 1. The molecule has 2 amide bonds. The number of benzene rings is 1. The molecular formula is C23H30N2O3. The number of piperidine rings is 1. The van der Waals surface area contributed by atoms with Crippen LogP contribution in [-0.2, 0) is 16.0 Å². The third-order valence-corrected chi connectivity index (χ3v) is 6.96. The molecule has 0 bridgehead atoms. The van der Waals surface area contributed by atoms with Crippen LogP contribution in [0.4, 0.5) is 0 Å². The molecule has 1 spiro atoms. The van der Waals surface area contributed by atoms with Gasteiger partial charge in [-0.05, 0) is 56.1 Å². The van der Waals surface area contributed by atoms with Crippen LogP contribution in [0.25, 0.3) is 0 Å². The smallest absolute Gasteiger partial charge is 0.263 e. The number of fused-ring (bicyclic) bond motifs is 1. The topological polar surface area (TPSA) is 58.6 Å². The summed E-state index contributed by atoms with van der Waals surface area (Å²) in [4.78, 5) is 27.1. The van der Waals surface area contributed by atoms with E-state index in [4.69, 9.17) is 4.74 Å². The Morgan fingerprint density at radius 1 is 1.32 bits per heavy atom. The van der Waals surface area contributed by atoms with Gasteiger partial charge >= 0.3 is 0 Å². The van der Waals surface area contributed by atoms with E-state index < -0.39 is 5.41 Å². The lowest BCUT2D eigenvalue weighted by Crippen LogP contribution is -2.46. The first-order chi connectivity index (χ1) is 13.3. The van der Waals surface area contributed by atoms with Gasteiger partial charge in [-0.15, -0.1) is 6.58 Å². The monoisotopic (exact) mass is 382 g/mol. The second kappa shape index (κ2) is 6.94. The van der Waals surface area contributed by atoms with Crippen molar-refractivity contribution in [2.24, 2.45) is 16.7 Å². The third kappa shape index (κ3) is 3.43. The van der Waals surface area contributed by atoms with E-state index in [1.807, 2.05) is 43.0 Å². The van der Waals surface area contributed by atoms with Crippen LogP contribution >= 0.6 is 0 Å². The minimum absolute atomic E-state index is 0.0371. The van der Waals surface area contributed by atoms with E-state index in [2.05, 4.69) is 11.9 Å². The Hall–Kier alpha value is -2.30. The summed E-state index contributed by atoms with van der Waals surface area (Å²) in [5.74, 6) is 1.52. The largest absolute Gasteiger partial charge is 0.480 e. The van der Waals surface area contributed by atoms with E-state index in [0.717, 1.165) is 50.2 Å². The van der Waals surface area contributed by atoms with E-state index in [-0.39, 0.29) is 17.9 Å². The maximum absolute atomic E-state index is 12.9. The molecule has 1 saturated carbocycles. The summed E-state index contributed by atoms with van der Waals surface area (Å²) in [6.07, 6.45) is 5.17. The second-order valence-corrected chi connectivity index (χ2v) is 9.14. The van der Waals surface area contributed by atoms with Gasteiger partial charge in [0, 0.05) is 26.1 Å². The van der Waals surface area contributed by atoms with E-state index in [1.54, 1.807) is 6.08 Å². The van der Waals surface area contributed by atoms with Gasteiger partial charge in [-0.1, -0.05) is 24.3 Å². The van der Waals surface area contributed by atoms with Crippen molar-refractivity contribution in [3.05, 3.63) is 42.5 Å². The fourth-order valence-electron chi connectivity index (χ4n) is 4.57. The average molecular weight is 383 g/mol. The van der Waals surface area contributed by atoms with Gasteiger partial charge in [0.05, 0.1) is 5.41 Å². The molecule has 2 unspecified atom stereocenters. The molecule has 1 N–H and O–H groups in total. The molecule has 1 aromatic rings. The SMILES string of the molecule is C=CC(C)(C)C(=O)NCC1CC12CCN(C(=O)C1Cc3ccccc3O1)CC2. The van der Waals surface area contributed by atoms with E-state index in [9.17, 15) is 9.59 Å². The summed E-state index contributed by atoms with van der Waals surface area (Å²) in [5, 5.41) is 3.09. The van der Waals surface area contributed by atoms with Gasteiger partial charge in [0.2, 0.25) is 5.91 Å². The molecule has 0 radical (unpaired) electrons. The predicted octanol–water partition coefficient (Wildman–Crippen LogP) is 2.95. The molecule has 1 aromatic carbocycles. The maximum atomic E-state index is 12.9. The molecule has 28 heavy (non-hydrogen) atoms. The van der Waals surface area contributed by atoms with Gasteiger partial charge in [0.15, 0.2) is 6.10 Å². The number of hydrogen-bond acceptors (Lipinski definition) is 3. The standard InChI is InChI=1S/C23H30N2O3/c1-4-22(2,3)21(27)24-15-17-14-23(17)9-11-25(12-10-23)20(26)19-13-16-7-5-6-8-18(16)28-19/h4-8,17,19H,1,9-15H2,2-3H3,(H,24,27). The third-order valence-electron chi connectivity index (χ3n) is 6.96. The highest BCUT2D eigenvalue weighted by molar-refractivity contribution is 5.84. The molecule has 2 fully saturated rings. The lowest BCUT2D eigenvalue weighted by Gasteiger charge is -2.34. The molecular weight excluding hydrogens is 352 g/mol. The highest BCUT2D eigenvalue weighted by Gasteiger charge is 2.55. The molecule has 1 aliphatic carbocycles. The normalized spacial score (nSPS) is 25.0. The fourth-order valence-corrected chi connectivity index (χ4v) is 4.57. The summed E-state index contributed by atoms with van der Waals surface area (Å²) in [6.45, 7) is 9.81. The summed E-state index contributed by atoms with van der Waals surface area (Å²) >= 11 is 0. The highest BCUT2D eigenvalue weighted by atomic mass is 16.5. The number of ether oxygens (including phenoxy) is 1. The molecule has 3 aliphatic rings. The maximum Gasteiger partial charge on any atom is 0.263 e. The predicted molar refractivity (Wildman–Crippen MR) is 108 cm³/mol. The Balaban J connectivity index is 1.25. The number of carbonyl (C=O) groups is 2. The zero-order chi connectivity index (χ0) is 19.9. The molecule has 2 heterocycles. The van der Waals surface area contributed by atoms with Crippen LogP contribution in [0.1, 0.15) is 38.7 Å². The first-order valence-electron chi connectivity index (χ1n) is 10.3. The number of nitrogens with one attached hydrogen (secondary N) is 1. The van der Waals surface area contributed by atoms with Crippen molar-refractivity contribution in [1.29, 1.82) is 0 Å². The molecule has 5 heteroatoms. The van der Waals surface area contributed by atoms with Crippen molar-refractivity contribution in [3.8, 4) is 5.75 Å². The molecule has 4 rings (SSSR count). The van der Waals surface area contributed by atoms with Gasteiger partial charge in [-0.25, -0.2) is 0 Å². The molecule has 150 valence electrons. The van der Waals surface area contributed by atoms with Crippen LogP contribution in [-0.4, -0.2) is 42.5 Å². The molecule has 2 atom stereocenters. The number of amides is 2. The van der Waals surface area contributed by atoms with Crippen LogP contribution in [0.3, 0.4) is 0 Å². The van der Waals surface area contributed by atoms with Crippen LogP contribution in [0.5, 0.6) is 5.75 Å². The average Bonchev–Trinajstić information content (AvgIpc) is 3.18. The van der Waals surface area contributed by atoms with Crippen molar-refractivity contribution in [3.63, 3.8) is 0 Å². The van der Waals surface area contributed by atoms with Crippen LogP contribution in [0.2, 0.25) is 0 Å². The fraction of sp³-hybridized carbons (Fsp3) is 0.565. The first kappa shape index (κ1) is 19.0. The number of para-hydroxylation sites is 1. The number of rotatable bonds is 5. The minimum Gasteiger partial charge on any atom is -0.480 e. The highest BCUT2D eigenvalue weighted by Crippen LogP contribution is 2.59. The summed E-state index contributed by atoms with van der Waals surface area (Å²) in [6, 6.07) is 7.90. The minimum atomic E-state index is -0.531. The van der Waals surface area contributed by atoms with Gasteiger partial charge in [-0.3, -0.25) is 9.59 Å². The van der Waals surface area contributed by atoms with Crippen molar-refractivity contribution in [2.45, 2.75) is 45.6 Å². The number of hydrogen-bond donors (Lipinski definition) is 1. The van der Waals surface area contributed by atoms with E-state index in [1.165, 1.54) is 0 Å². The Kier molecular flexibility index (Phi) is 4.72. The van der Waals surface area contributed by atoms with Crippen molar-refractivity contribution < 1.29 is 14.3 Å². The summed E-state index contributed by atoms with van der Waals surface area (Å²) < 4.78 is 5.87. The van der Waals surface area contributed by atoms with Crippen LogP contribution in [0.15, 0.2) is 36.9 Å². The van der Waals surface area contributed by atoms with Gasteiger partial charge in [0.25, 0.3) is 5.91 Å². The molecule has 0 aromatic heterocycles. The van der Waals surface area contributed by atoms with Crippen molar-refractivity contribution in [1.82, 2.24) is 10.2 Å². The van der Waals surface area contributed by atoms with E-state index >= 15 is 0 Å². The Bertz CT molecular complexity index is 768. The lowest BCUT2D eigenvalue weighted by atomic mass is 9.90. The van der Waals surface area contributed by atoms with Crippen LogP contribution in [0, 0.1) is 16.7 Å². The Morgan fingerprint density at radius 2 is 2.04 bits per heavy atom. The summed E-state index contributed by atoms with van der Waals surface area (Å²) in [7, 11) is 0. The quantitative estimate of drug-likeness (QED) is 0.797. The Labute approximate surface area is 167 Å². The number of likely N-dealkylation sites (tertiary alicyclic amines) is 1. The lowest BCUT2D eigenvalue weighted by molar-refractivity contribution is -0.139.